The third-order valence-corrected chi connectivity index (χ3v) is 14.0. The summed E-state index contributed by atoms with van der Waals surface area (Å²) in [5, 5.41) is 40.8. The molecule has 6 rings (SSSR count). The zero-order chi connectivity index (χ0) is 48.6. The van der Waals surface area contributed by atoms with Crippen molar-refractivity contribution in [2.45, 2.75) is 167 Å². The van der Waals surface area contributed by atoms with Crippen molar-refractivity contribution in [2.24, 2.45) is 16.7 Å². The number of carbonyl (C=O) groups is 6. The Labute approximate surface area is 385 Å². The van der Waals surface area contributed by atoms with Crippen molar-refractivity contribution in [2.75, 3.05) is 6.61 Å². The van der Waals surface area contributed by atoms with Gasteiger partial charge in [-0.25, -0.2) is 14.4 Å². The van der Waals surface area contributed by atoms with Crippen LogP contribution in [0.3, 0.4) is 0 Å². The number of fused-ring (bicyclic) bond motifs is 5. The third-order valence-electron chi connectivity index (χ3n) is 14.0. The van der Waals surface area contributed by atoms with Crippen LogP contribution in [-0.2, 0) is 47.6 Å². The van der Waals surface area contributed by atoms with Crippen LogP contribution in [-0.4, -0.2) is 111 Å². The summed E-state index contributed by atoms with van der Waals surface area (Å²) >= 11 is 0. The molecule has 16 heteroatoms. The molecule has 2 bridgehead atoms. The first-order chi connectivity index (χ1) is 30.9. The highest BCUT2D eigenvalue weighted by atomic mass is 16.6. The van der Waals surface area contributed by atoms with E-state index in [1.807, 2.05) is 6.92 Å². The van der Waals surface area contributed by atoms with Crippen LogP contribution in [0.5, 0.6) is 0 Å². The van der Waals surface area contributed by atoms with Gasteiger partial charge in [0.1, 0.15) is 41.7 Å². The SMILES string of the molecule is CCCCCCC(=O)O[C@@H](C(=O)O[C@H]1C[C@@]2(O)C(OC(=O)c3ccccc3)C3[C@](C)(C(=O)[C@H](O)C(=C1C)C2(C)C)[C@@H](O)C[C@H]1OC[C@@]31OC(C)=O)[C@@H](NC(=O)OC(C)(C)C)c1ccccc1. The maximum Gasteiger partial charge on any atom is 0.408 e. The van der Waals surface area contributed by atoms with Crippen LogP contribution in [0.2, 0.25) is 0 Å². The predicted molar refractivity (Wildman–Crippen MR) is 236 cm³/mol. The van der Waals surface area contributed by atoms with Crippen molar-refractivity contribution < 1.29 is 72.5 Å². The fourth-order valence-corrected chi connectivity index (χ4v) is 10.6. The van der Waals surface area contributed by atoms with Gasteiger partial charge in [0, 0.05) is 31.6 Å². The molecule has 360 valence electrons. The van der Waals surface area contributed by atoms with Crippen LogP contribution in [0.25, 0.3) is 0 Å². The summed E-state index contributed by atoms with van der Waals surface area (Å²) in [6.07, 6.45) is -8.56. The highest BCUT2D eigenvalue weighted by Crippen LogP contribution is 2.64. The second-order valence-electron chi connectivity index (χ2n) is 19.9. The lowest BCUT2D eigenvalue weighted by Gasteiger charge is -2.67. The summed E-state index contributed by atoms with van der Waals surface area (Å²) in [5.41, 5.74) is -8.31. The average molecular weight is 920 g/mol. The fourth-order valence-electron chi connectivity index (χ4n) is 10.6. The van der Waals surface area contributed by atoms with E-state index in [-0.39, 0.29) is 36.2 Å². The zero-order valence-corrected chi connectivity index (χ0v) is 39.3. The van der Waals surface area contributed by atoms with Gasteiger partial charge in [-0.15, -0.1) is 0 Å². The Morgan fingerprint density at radius 3 is 2.14 bits per heavy atom. The van der Waals surface area contributed by atoms with E-state index in [0.717, 1.165) is 26.2 Å². The summed E-state index contributed by atoms with van der Waals surface area (Å²) in [6.45, 7) is 13.9. The van der Waals surface area contributed by atoms with Crippen LogP contribution < -0.4 is 5.32 Å². The van der Waals surface area contributed by atoms with E-state index < -0.39 is 118 Å². The van der Waals surface area contributed by atoms with E-state index >= 15 is 4.79 Å². The molecule has 11 atom stereocenters. The lowest BCUT2D eigenvalue weighted by molar-refractivity contribution is -0.346. The Hall–Kier alpha value is -5.16. The molecular weight excluding hydrogens is 855 g/mol. The lowest BCUT2D eigenvalue weighted by atomic mass is 9.44. The smallest absolute Gasteiger partial charge is 0.408 e. The molecule has 1 aliphatic heterocycles. The number of aliphatic hydroxyl groups is 3. The normalized spacial score (nSPS) is 30.9. The summed E-state index contributed by atoms with van der Waals surface area (Å²) in [6, 6.07) is 14.8. The van der Waals surface area contributed by atoms with E-state index in [9.17, 15) is 39.3 Å². The molecule has 1 saturated heterocycles. The summed E-state index contributed by atoms with van der Waals surface area (Å²) < 4.78 is 36.1. The summed E-state index contributed by atoms with van der Waals surface area (Å²) in [5.74, 6) is -6.09. The average Bonchev–Trinajstić information content (AvgIpc) is 3.24. The summed E-state index contributed by atoms with van der Waals surface area (Å²) in [7, 11) is 0. The second kappa shape index (κ2) is 19.2. The minimum absolute atomic E-state index is 0.0538. The number of esters is 4. The van der Waals surface area contributed by atoms with E-state index in [1.54, 1.807) is 83.1 Å². The fraction of sp³-hybridized carbons (Fsp3) is 0.600. The number of Topliss-reactive ketones (excluding diaryl/α,β-unsaturated/α-hetero) is 1. The Balaban J connectivity index is 1.51. The Kier molecular flexibility index (Phi) is 14.6. The van der Waals surface area contributed by atoms with E-state index in [2.05, 4.69) is 5.32 Å². The van der Waals surface area contributed by atoms with Gasteiger partial charge in [-0.3, -0.25) is 14.4 Å². The first-order valence-electron chi connectivity index (χ1n) is 22.8. The van der Waals surface area contributed by atoms with Crippen LogP contribution in [0, 0.1) is 16.7 Å². The first-order valence-corrected chi connectivity index (χ1v) is 22.8. The van der Waals surface area contributed by atoms with Gasteiger partial charge in [-0.05, 0) is 69.9 Å². The van der Waals surface area contributed by atoms with Crippen molar-refractivity contribution >= 4 is 35.8 Å². The largest absolute Gasteiger partial charge is 0.455 e. The monoisotopic (exact) mass is 919 g/mol. The number of hydrogen-bond donors (Lipinski definition) is 4. The van der Waals surface area contributed by atoms with Crippen molar-refractivity contribution in [3.8, 4) is 0 Å². The lowest BCUT2D eigenvalue weighted by Crippen LogP contribution is -2.81. The Morgan fingerprint density at radius 1 is 0.924 bits per heavy atom. The number of rotatable bonds is 14. The van der Waals surface area contributed by atoms with Crippen LogP contribution in [0.15, 0.2) is 71.8 Å². The second-order valence-corrected chi connectivity index (χ2v) is 19.9. The van der Waals surface area contributed by atoms with E-state index in [4.69, 9.17) is 28.4 Å². The number of amides is 1. The molecule has 0 spiro atoms. The summed E-state index contributed by atoms with van der Waals surface area (Å²) in [4.78, 5) is 84.5. The molecule has 2 aromatic rings. The van der Waals surface area contributed by atoms with Crippen molar-refractivity contribution in [1.29, 1.82) is 0 Å². The quantitative estimate of drug-likeness (QED) is 0.0762. The van der Waals surface area contributed by atoms with Crippen molar-refractivity contribution in [3.05, 3.63) is 82.9 Å². The van der Waals surface area contributed by atoms with Gasteiger partial charge in [0.15, 0.2) is 11.4 Å². The number of benzene rings is 2. The van der Waals surface area contributed by atoms with Gasteiger partial charge in [0.2, 0.25) is 6.10 Å². The van der Waals surface area contributed by atoms with Gasteiger partial charge in [0.05, 0.1) is 29.6 Å². The molecule has 4 aliphatic rings. The van der Waals surface area contributed by atoms with Gasteiger partial charge in [-0.2, -0.15) is 0 Å². The van der Waals surface area contributed by atoms with E-state index in [0.29, 0.717) is 12.0 Å². The van der Waals surface area contributed by atoms with Crippen LogP contribution in [0.4, 0.5) is 4.79 Å². The molecule has 2 saturated carbocycles. The number of alkyl carbamates (subject to hydrolysis) is 1. The van der Waals surface area contributed by atoms with Gasteiger partial charge >= 0.3 is 30.0 Å². The molecule has 0 radical (unpaired) electrons. The molecular formula is C50H65NO15. The van der Waals surface area contributed by atoms with E-state index in [1.165, 1.54) is 26.0 Å². The highest BCUT2D eigenvalue weighted by Gasteiger charge is 2.78. The molecule has 0 aromatic heterocycles. The van der Waals surface area contributed by atoms with Crippen LogP contribution >= 0.6 is 0 Å². The molecule has 1 amide bonds. The number of ether oxygens (including phenoxy) is 6. The molecule has 2 aromatic carbocycles. The maximum atomic E-state index is 15.2. The molecule has 1 heterocycles. The number of ketones is 1. The Bertz CT molecular complexity index is 2180. The number of unbranched alkanes of at least 4 members (excludes halogenated alkanes) is 3. The topological polar surface area (TPSA) is 231 Å². The number of hydrogen-bond acceptors (Lipinski definition) is 15. The molecule has 4 N–H and O–H groups in total. The van der Waals surface area contributed by atoms with Crippen LogP contribution in [0.1, 0.15) is 129 Å². The molecule has 3 aliphatic carbocycles. The molecule has 2 unspecified atom stereocenters. The maximum absolute atomic E-state index is 15.2. The molecule has 16 nitrogen and oxygen atoms in total. The van der Waals surface area contributed by atoms with Crippen molar-refractivity contribution in [3.63, 3.8) is 0 Å². The number of aliphatic hydroxyl groups excluding tert-OH is 2. The number of nitrogens with one attached hydrogen (secondary N) is 1. The molecule has 3 fully saturated rings. The predicted octanol–water partition coefficient (Wildman–Crippen LogP) is 5.78. The zero-order valence-electron chi connectivity index (χ0n) is 39.3. The van der Waals surface area contributed by atoms with Gasteiger partial charge < -0.3 is 49.1 Å². The highest BCUT2D eigenvalue weighted by molar-refractivity contribution is 5.94. The first kappa shape index (κ1) is 50.3. The van der Waals surface area contributed by atoms with Crippen molar-refractivity contribution in [1.82, 2.24) is 5.32 Å². The Morgan fingerprint density at radius 2 is 1.56 bits per heavy atom. The van der Waals surface area contributed by atoms with Gasteiger partial charge in [0.25, 0.3) is 0 Å². The molecule has 66 heavy (non-hydrogen) atoms. The standard InChI is InChI=1S/C50H65NO15/c1-10-11-12-19-24-35(54)63-39(37(30-20-15-13-16-21-30)51-45(59)66-46(4,5)6)44(58)62-32-26-50(60)42(64-43(57)31-22-17-14-18-23-31)40-48(9,41(56)38(55)36(28(32)2)47(50,7)8)33(53)25-34-49(40,27-61-34)65-29(3)52/h13-18,20-23,32-34,37-40,42,53,55,60H,10-12,19,24-27H2,1-9H3,(H,51,59)/t32-,33-,34+,37-,38+,39+,40?,42?,48+,49-,50+/m0/s1. The van der Waals surface area contributed by atoms with Gasteiger partial charge in [-0.1, -0.05) is 88.6 Å². The third kappa shape index (κ3) is 9.38. The minimum Gasteiger partial charge on any atom is -0.455 e. The minimum atomic E-state index is -2.39. The number of carbonyl (C=O) groups excluding carboxylic acids is 6.